The molecule has 1 aromatic carbocycles. The third-order valence-corrected chi connectivity index (χ3v) is 3.23. The van der Waals surface area contributed by atoms with E-state index < -0.39 is 16.9 Å². The molecule has 1 aliphatic heterocycles. The topological polar surface area (TPSA) is 92.9 Å². The van der Waals surface area contributed by atoms with Gasteiger partial charge in [0.1, 0.15) is 6.04 Å². The van der Waals surface area contributed by atoms with Gasteiger partial charge in [0.05, 0.1) is 12.0 Å². The number of carboxylic acids is 1. The number of nitro groups is 1. The fourth-order valence-electron chi connectivity index (χ4n) is 2.33. The van der Waals surface area contributed by atoms with E-state index in [9.17, 15) is 14.9 Å². The van der Waals surface area contributed by atoms with E-state index in [1.54, 1.807) is 11.0 Å². The van der Waals surface area contributed by atoms with Crippen LogP contribution in [-0.2, 0) is 4.79 Å². The summed E-state index contributed by atoms with van der Waals surface area (Å²) >= 11 is 0. The van der Waals surface area contributed by atoms with E-state index in [-0.39, 0.29) is 11.4 Å². The van der Waals surface area contributed by atoms with Crippen LogP contribution in [0.5, 0.6) is 5.75 Å². The molecule has 0 unspecified atom stereocenters. The van der Waals surface area contributed by atoms with Crippen LogP contribution in [0.15, 0.2) is 18.2 Å². The number of benzene rings is 1. The number of rotatable bonds is 4. The summed E-state index contributed by atoms with van der Waals surface area (Å²) in [6, 6.07) is 3.83. The summed E-state index contributed by atoms with van der Waals surface area (Å²) in [5, 5.41) is 19.9. The molecule has 0 radical (unpaired) electrons. The van der Waals surface area contributed by atoms with Crippen LogP contribution in [0, 0.1) is 10.1 Å². The van der Waals surface area contributed by atoms with Crippen LogP contribution in [0.3, 0.4) is 0 Å². The molecule has 7 nitrogen and oxygen atoms in total. The Labute approximate surface area is 109 Å². The van der Waals surface area contributed by atoms with Gasteiger partial charge < -0.3 is 14.7 Å². The molecule has 0 spiro atoms. The minimum atomic E-state index is -0.880. The van der Waals surface area contributed by atoms with Gasteiger partial charge in [-0.2, -0.15) is 0 Å². The van der Waals surface area contributed by atoms with Crippen molar-refractivity contribution in [3.63, 3.8) is 0 Å². The van der Waals surface area contributed by atoms with E-state index in [4.69, 9.17) is 9.84 Å². The second kappa shape index (κ2) is 5.13. The molecule has 1 fully saturated rings. The third kappa shape index (κ3) is 2.44. The summed E-state index contributed by atoms with van der Waals surface area (Å²) in [5.74, 6) is -0.742. The molecule has 0 saturated carbocycles. The quantitative estimate of drug-likeness (QED) is 0.658. The van der Waals surface area contributed by atoms with Crippen molar-refractivity contribution in [2.75, 3.05) is 18.6 Å². The second-order valence-electron chi connectivity index (χ2n) is 4.30. The highest BCUT2D eigenvalue weighted by Crippen LogP contribution is 2.34. The standard InChI is InChI=1S/C12H14N2O5/c1-19-11-7-8(4-5-9(11)14(17)18)13-6-2-3-10(13)12(15)16/h4-5,7,10H,2-3,6H2,1H3,(H,15,16)/t10-/m1/s1. The maximum absolute atomic E-state index is 11.1. The van der Waals surface area contributed by atoms with Gasteiger partial charge in [0.25, 0.3) is 0 Å². The van der Waals surface area contributed by atoms with Crippen LogP contribution in [0.4, 0.5) is 11.4 Å². The number of hydrogen-bond donors (Lipinski definition) is 1. The summed E-state index contributed by atoms with van der Waals surface area (Å²) in [6.45, 7) is 0.623. The van der Waals surface area contributed by atoms with Gasteiger partial charge in [-0.15, -0.1) is 0 Å². The number of nitro benzene ring substituents is 1. The van der Waals surface area contributed by atoms with Crippen LogP contribution >= 0.6 is 0 Å². The number of hydrogen-bond acceptors (Lipinski definition) is 5. The number of carboxylic acid groups (broad SMARTS) is 1. The number of anilines is 1. The van der Waals surface area contributed by atoms with Gasteiger partial charge in [-0.05, 0) is 18.9 Å². The molecule has 7 heteroatoms. The van der Waals surface area contributed by atoms with Gasteiger partial charge in [0, 0.05) is 24.4 Å². The minimum Gasteiger partial charge on any atom is -0.490 e. The Morgan fingerprint density at radius 2 is 2.32 bits per heavy atom. The Hall–Kier alpha value is -2.31. The Morgan fingerprint density at radius 3 is 2.89 bits per heavy atom. The van der Waals surface area contributed by atoms with E-state index in [1.807, 2.05) is 0 Å². The normalized spacial score (nSPS) is 18.4. The molecule has 1 atom stereocenters. The first-order chi connectivity index (χ1) is 9.04. The first-order valence-electron chi connectivity index (χ1n) is 5.86. The number of ether oxygens (including phenoxy) is 1. The average molecular weight is 266 g/mol. The van der Waals surface area contributed by atoms with Gasteiger partial charge in [0.2, 0.25) is 0 Å². The highest BCUT2D eigenvalue weighted by Gasteiger charge is 2.31. The molecule has 1 N–H and O–H groups in total. The van der Waals surface area contributed by atoms with Crippen molar-refractivity contribution >= 4 is 17.3 Å². The average Bonchev–Trinajstić information content (AvgIpc) is 2.87. The van der Waals surface area contributed by atoms with Crippen LogP contribution in [0.1, 0.15) is 12.8 Å². The second-order valence-corrected chi connectivity index (χ2v) is 4.30. The maximum atomic E-state index is 11.1. The maximum Gasteiger partial charge on any atom is 0.326 e. The molecule has 19 heavy (non-hydrogen) atoms. The monoisotopic (exact) mass is 266 g/mol. The van der Waals surface area contributed by atoms with E-state index in [0.717, 1.165) is 6.42 Å². The van der Waals surface area contributed by atoms with Crippen LogP contribution in [0.2, 0.25) is 0 Å². The molecule has 0 aliphatic carbocycles. The number of carbonyl (C=O) groups is 1. The molecular weight excluding hydrogens is 252 g/mol. The highest BCUT2D eigenvalue weighted by atomic mass is 16.6. The predicted octanol–water partition coefficient (Wildman–Crippen LogP) is 1.66. The van der Waals surface area contributed by atoms with Crippen LogP contribution < -0.4 is 9.64 Å². The fourth-order valence-corrected chi connectivity index (χ4v) is 2.33. The molecule has 2 rings (SSSR count). The van der Waals surface area contributed by atoms with Crippen molar-refractivity contribution in [2.45, 2.75) is 18.9 Å². The Bertz CT molecular complexity index is 517. The molecule has 0 aromatic heterocycles. The van der Waals surface area contributed by atoms with Crippen molar-refractivity contribution in [3.05, 3.63) is 28.3 Å². The van der Waals surface area contributed by atoms with Crippen molar-refractivity contribution in [3.8, 4) is 5.75 Å². The molecule has 102 valence electrons. The molecule has 1 saturated heterocycles. The van der Waals surface area contributed by atoms with Gasteiger partial charge >= 0.3 is 11.7 Å². The van der Waals surface area contributed by atoms with Crippen molar-refractivity contribution in [2.24, 2.45) is 0 Å². The first-order valence-corrected chi connectivity index (χ1v) is 5.86. The van der Waals surface area contributed by atoms with Gasteiger partial charge in [-0.25, -0.2) is 4.79 Å². The van der Waals surface area contributed by atoms with Crippen molar-refractivity contribution in [1.29, 1.82) is 0 Å². The van der Waals surface area contributed by atoms with Crippen molar-refractivity contribution < 1.29 is 19.6 Å². The molecule has 1 aliphatic rings. The van der Waals surface area contributed by atoms with Gasteiger partial charge in [0.15, 0.2) is 5.75 Å². The molecular formula is C12H14N2O5. The molecule has 1 aromatic rings. The summed E-state index contributed by atoms with van der Waals surface area (Å²) < 4.78 is 4.99. The van der Waals surface area contributed by atoms with Crippen LogP contribution in [-0.4, -0.2) is 35.7 Å². The lowest BCUT2D eigenvalue weighted by Crippen LogP contribution is -2.35. The lowest BCUT2D eigenvalue weighted by molar-refractivity contribution is -0.385. The highest BCUT2D eigenvalue weighted by molar-refractivity contribution is 5.79. The molecule has 1 heterocycles. The Balaban J connectivity index is 2.35. The number of nitrogens with zero attached hydrogens (tertiary/aromatic N) is 2. The largest absolute Gasteiger partial charge is 0.490 e. The first kappa shape index (κ1) is 13.1. The Kier molecular flexibility index (Phi) is 3.55. The lowest BCUT2D eigenvalue weighted by atomic mass is 10.2. The molecule has 0 bridgehead atoms. The summed E-state index contributed by atoms with van der Waals surface area (Å²) in [4.78, 5) is 23.1. The SMILES string of the molecule is COc1cc(N2CCC[C@@H]2C(=O)O)ccc1[N+](=O)[O-]. The summed E-state index contributed by atoms with van der Waals surface area (Å²) in [7, 11) is 1.35. The molecule has 0 amide bonds. The van der Waals surface area contributed by atoms with E-state index >= 15 is 0 Å². The summed E-state index contributed by atoms with van der Waals surface area (Å²) in [5.41, 5.74) is 0.504. The van der Waals surface area contributed by atoms with Gasteiger partial charge in [-0.3, -0.25) is 10.1 Å². The zero-order valence-electron chi connectivity index (χ0n) is 10.4. The van der Waals surface area contributed by atoms with E-state index in [2.05, 4.69) is 0 Å². The van der Waals surface area contributed by atoms with E-state index in [0.29, 0.717) is 18.7 Å². The lowest BCUT2D eigenvalue weighted by Gasteiger charge is -2.23. The summed E-state index contributed by atoms with van der Waals surface area (Å²) in [6.07, 6.45) is 1.37. The van der Waals surface area contributed by atoms with Gasteiger partial charge in [-0.1, -0.05) is 0 Å². The zero-order chi connectivity index (χ0) is 14.0. The zero-order valence-corrected chi connectivity index (χ0v) is 10.4. The van der Waals surface area contributed by atoms with Crippen LogP contribution in [0.25, 0.3) is 0 Å². The number of methoxy groups -OCH3 is 1. The fraction of sp³-hybridized carbons (Fsp3) is 0.417. The predicted molar refractivity (Wildman–Crippen MR) is 67.7 cm³/mol. The smallest absolute Gasteiger partial charge is 0.326 e. The minimum absolute atomic E-state index is 0.127. The Morgan fingerprint density at radius 1 is 1.58 bits per heavy atom. The van der Waals surface area contributed by atoms with E-state index in [1.165, 1.54) is 19.2 Å². The number of aliphatic carboxylic acids is 1. The third-order valence-electron chi connectivity index (χ3n) is 3.23. The van der Waals surface area contributed by atoms with Crippen molar-refractivity contribution in [1.82, 2.24) is 0 Å².